The van der Waals surface area contributed by atoms with E-state index in [2.05, 4.69) is 5.16 Å². The van der Waals surface area contributed by atoms with Crippen molar-refractivity contribution < 1.29 is 22.5 Å². The molecule has 1 amide bonds. The van der Waals surface area contributed by atoms with E-state index in [1.54, 1.807) is 11.0 Å². The summed E-state index contributed by atoms with van der Waals surface area (Å²) >= 11 is 0. The van der Waals surface area contributed by atoms with Gasteiger partial charge in [0.15, 0.2) is 5.76 Å². The number of carbonyl (C=O) groups is 1. The minimum Gasteiger partial charge on any atom is -0.368 e. The first-order chi connectivity index (χ1) is 15.4. The molecule has 0 N–H and O–H groups in total. The Morgan fingerprint density at radius 2 is 1.66 bits per heavy atom. The van der Waals surface area contributed by atoms with Crippen molar-refractivity contribution in [2.24, 2.45) is 0 Å². The van der Waals surface area contributed by atoms with Crippen LogP contribution in [0, 0.1) is 0 Å². The molecule has 2 aromatic carbocycles. The molecule has 0 radical (unpaired) electrons. The molecule has 0 unspecified atom stereocenters. The van der Waals surface area contributed by atoms with Crippen molar-refractivity contribution in [3.8, 4) is 11.3 Å². The molecule has 5 nitrogen and oxygen atoms in total. The first-order valence-corrected chi connectivity index (χ1v) is 10.6. The van der Waals surface area contributed by atoms with Crippen LogP contribution in [-0.2, 0) is 16.4 Å². The highest BCUT2D eigenvalue weighted by atomic mass is 19.4. The minimum absolute atomic E-state index is 0.0223. The van der Waals surface area contributed by atoms with Crippen LogP contribution in [0.4, 0.5) is 18.9 Å². The number of benzene rings is 2. The maximum atomic E-state index is 13.3. The topological polar surface area (TPSA) is 49.6 Å². The molecule has 3 aromatic rings. The molecule has 2 heterocycles. The number of aromatic nitrogens is 1. The van der Waals surface area contributed by atoms with Crippen LogP contribution in [0.15, 0.2) is 65.2 Å². The highest BCUT2D eigenvalue weighted by Crippen LogP contribution is 2.50. The maximum absolute atomic E-state index is 13.3. The second-order valence-electron chi connectivity index (χ2n) is 8.35. The van der Waals surface area contributed by atoms with Gasteiger partial charge >= 0.3 is 6.18 Å². The van der Waals surface area contributed by atoms with Gasteiger partial charge in [0, 0.05) is 43.5 Å². The number of hydrogen-bond acceptors (Lipinski definition) is 4. The molecule has 2 fully saturated rings. The van der Waals surface area contributed by atoms with Crippen molar-refractivity contribution in [1.29, 1.82) is 0 Å². The summed E-state index contributed by atoms with van der Waals surface area (Å²) in [6, 6.07) is 16.8. The van der Waals surface area contributed by atoms with Crippen molar-refractivity contribution in [2.75, 3.05) is 31.1 Å². The van der Waals surface area contributed by atoms with E-state index >= 15 is 0 Å². The van der Waals surface area contributed by atoms with Gasteiger partial charge in [0.25, 0.3) is 0 Å². The molecule has 1 aliphatic heterocycles. The molecule has 0 bridgehead atoms. The average Bonchev–Trinajstić information content (AvgIpc) is 3.47. The number of nitrogens with zero attached hydrogens (tertiary/aromatic N) is 3. The summed E-state index contributed by atoms with van der Waals surface area (Å²) in [4.78, 5) is 17.0. The molecule has 32 heavy (non-hydrogen) atoms. The lowest BCUT2D eigenvalue weighted by Crippen LogP contribution is -2.51. The number of halogens is 3. The van der Waals surface area contributed by atoms with Gasteiger partial charge in [-0.2, -0.15) is 13.2 Å². The highest BCUT2D eigenvalue weighted by molar-refractivity contribution is 5.91. The summed E-state index contributed by atoms with van der Waals surface area (Å²) in [6.45, 7) is 1.88. The van der Waals surface area contributed by atoms with Crippen LogP contribution in [-0.4, -0.2) is 42.1 Å². The van der Waals surface area contributed by atoms with Gasteiger partial charge in [-0.15, -0.1) is 0 Å². The van der Waals surface area contributed by atoms with E-state index in [0.29, 0.717) is 43.3 Å². The first-order valence-electron chi connectivity index (χ1n) is 10.6. The zero-order chi connectivity index (χ0) is 22.3. The smallest absolute Gasteiger partial charge is 0.368 e. The summed E-state index contributed by atoms with van der Waals surface area (Å²) in [6.07, 6.45) is -2.93. The summed E-state index contributed by atoms with van der Waals surface area (Å²) in [7, 11) is 0. The Bertz CT molecular complexity index is 1110. The zero-order valence-corrected chi connectivity index (χ0v) is 17.3. The predicted octanol–water partition coefficient (Wildman–Crippen LogP) is 4.74. The van der Waals surface area contributed by atoms with E-state index in [-0.39, 0.29) is 5.91 Å². The lowest BCUT2D eigenvalue weighted by atomic mass is 9.99. The number of carbonyl (C=O) groups excluding carboxylic acids is 1. The number of hydrogen-bond donors (Lipinski definition) is 0. The van der Waals surface area contributed by atoms with Crippen LogP contribution >= 0.6 is 0 Å². The van der Waals surface area contributed by atoms with Gasteiger partial charge in [0.2, 0.25) is 5.91 Å². The summed E-state index contributed by atoms with van der Waals surface area (Å²) in [5.41, 5.74) is 0.781. The third-order valence-electron chi connectivity index (χ3n) is 6.32. The lowest BCUT2D eigenvalue weighted by Gasteiger charge is -2.37. The molecule has 8 heteroatoms. The quantitative estimate of drug-likeness (QED) is 0.587. The number of piperazine rings is 1. The van der Waals surface area contributed by atoms with Crippen molar-refractivity contribution >= 4 is 11.6 Å². The molecule has 1 aliphatic carbocycles. The Morgan fingerprint density at radius 3 is 2.31 bits per heavy atom. The molecule has 1 saturated heterocycles. The van der Waals surface area contributed by atoms with Crippen LogP contribution in [0.1, 0.15) is 24.1 Å². The van der Waals surface area contributed by atoms with Gasteiger partial charge in [-0.05, 0) is 31.0 Å². The molecule has 0 atom stereocenters. The SMILES string of the molecule is O=C(N1CCN(c2cccc(C(F)(F)F)c2)CC1)C1(c2cc(-c3ccccc3)on2)CC1. The fourth-order valence-corrected chi connectivity index (χ4v) is 4.29. The van der Waals surface area contributed by atoms with Gasteiger partial charge in [0.05, 0.1) is 16.7 Å². The summed E-state index contributed by atoms with van der Waals surface area (Å²) < 4.78 is 44.6. The van der Waals surface area contributed by atoms with Gasteiger partial charge < -0.3 is 14.3 Å². The zero-order valence-electron chi connectivity index (χ0n) is 17.3. The van der Waals surface area contributed by atoms with Crippen LogP contribution in [0.25, 0.3) is 11.3 Å². The number of alkyl halides is 3. The maximum Gasteiger partial charge on any atom is 0.416 e. The Balaban J connectivity index is 1.27. The van der Waals surface area contributed by atoms with E-state index < -0.39 is 17.2 Å². The van der Waals surface area contributed by atoms with Crippen molar-refractivity contribution in [2.45, 2.75) is 24.4 Å². The van der Waals surface area contributed by atoms with Gasteiger partial charge in [-0.25, -0.2) is 0 Å². The Hall–Kier alpha value is -3.29. The van der Waals surface area contributed by atoms with Crippen LogP contribution < -0.4 is 4.90 Å². The number of rotatable bonds is 4. The fourth-order valence-electron chi connectivity index (χ4n) is 4.29. The Morgan fingerprint density at radius 1 is 0.938 bits per heavy atom. The lowest BCUT2D eigenvalue weighted by molar-refractivity contribution is -0.137. The van der Waals surface area contributed by atoms with Gasteiger partial charge in [0.1, 0.15) is 0 Å². The van der Waals surface area contributed by atoms with E-state index in [9.17, 15) is 18.0 Å². The van der Waals surface area contributed by atoms with E-state index in [0.717, 1.165) is 24.5 Å². The Kier molecular flexibility index (Phi) is 4.95. The average molecular weight is 441 g/mol. The molecular formula is C24H22F3N3O2. The third-order valence-corrected chi connectivity index (χ3v) is 6.32. The Labute approximate surface area is 183 Å². The minimum atomic E-state index is -4.37. The third kappa shape index (κ3) is 3.74. The van der Waals surface area contributed by atoms with E-state index in [4.69, 9.17) is 4.52 Å². The normalized spacial score (nSPS) is 18.0. The number of anilines is 1. The van der Waals surface area contributed by atoms with Crippen LogP contribution in [0.2, 0.25) is 0 Å². The second kappa shape index (κ2) is 7.69. The molecule has 166 valence electrons. The van der Waals surface area contributed by atoms with Crippen molar-refractivity contribution in [3.05, 3.63) is 71.9 Å². The van der Waals surface area contributed by atoms with Gasteiger partial charge in [-0.3, -0.25) is 4.79 Å². The second-order valence-corrected chi connectivity index (χ2v) is 8.35. The van der Waals surface area contributed by atoms with Crippen LogP contribution in [0.5, 0.6) is 0 Å². The highest BCUT2D eigenvalue weighted by Gasteiger charge is 2.55. The standard InChI is InChI=1S/C24H22F3N3O2/c25-24(26,27)18-7-4-8-19(15-18)29-11-13-30(14-12-29)22(31)23(9-10-23)21-16-20(32-28-21)17-5-2-1-3-6-17/h1-8,15-16H,9-14H2. The van der Waals surface area contributed by atoms with Crippen molar-refractivity contribution in [3.63, 3.8) is 0 Å². The number of amides is 1. The molecule has 5 rings (SSSR count). The summed E-state index contributed by atoms with van der Waals surface area (Å²) in [5.74, 6) is 0.656. The molecule has 1 aromatic heterocycles. The molecular weight excluding hydrogens is 419 g/mol. The van der Waals surface area contributed by atoms with Gasteiger partial charge in [-0.1, -0.05) is 41.6 Å². The van der Waals surface area contributed by atoms with E-state index in [1.165, 1.54) is 12.1 Å². The van der Waals surface area contributed by atoms with Crippen LogP contribution in [0.3, 0.4) is 0 Å². The largest absolute Gasteiger partial charge is 0.416 e. The summed E-state index contributed by atoms with van der Waals surface area (Å²) in [5, 5.41) is 4.20. The van der Waals surface area contributed by atoms with Crippen molar-refractivity contribution in [1.82, 2.24) is 10.1 Å². The first kappa shape index (κ1) is 20.6. The monoisotopic (exact) mass is 441 g/mol. The van der Waals surface area contributed by atoms with E-state index in [1.807, 2.05) is 41.3 Å². The molecule has 0 spiro atoms. The predicted molar refractivity (Wildman–Crippen MR) is 113 cm³/mol. The molecule has 1 saturated carbocycles. The molecule has 2 aliphatic rings. The fraction of sp³-hybridized carbons (Fsp3) is 0.333.